The Hall–Kier alpha value is -3.87. The number of anilines is 1. The summed E-state index contributed by atoms with van der Waals surface area (Å²) in [5.41, 5.74) is 1.16. The van der Waals surface area contributed by atoms with Crippen molar-refractivity contribution >= 4 is 29.0 Å². The molecule has 7 heteroatoms. The highest BCUT2D eigenvalue weighted by Gasteiger charge is 2.33. The van der Waals surface area contributed by atoms with Gasteiger partial charge in [-0.1, -0.05) is 24.3 Å². The summed E-state index contributed by atoms with van der Waals surface area (Å²) in [6.45, 7) is 0. The maximum Gasteiger partial charge on any atom is 0.271 e. The van der Waals surface area contributed by atoms with E-state index in [1.54, 1.807) is 68.8 Å². The van der Waals surface area contributed by atoms with Gasteiger partial charge in [0.2, 0.25) is 5.78 Å². The predicted octanol–water partition coefficient (Wildman–Crippen LogP) is 0.550. The second-order valence-corrected chi connectivity index (χ2v) is 6.37. The SMILES string of the molecule is COc1cccc(/C=c2\c(=O)[nH][nH]c2=C2C(=O)c3ccccc3N(C)C2=O)c1. The third kappa shape index (κ3) is 2.73. The van der Waals surface area contributed by atoms with Crippen molar-refractivity contribution in [3.05, 3.63) is 80.6 Å². The summed E-state index contributed by atoms with van der Waals surface area (Å²) in [5.74, 6) is -0.262. The molecule has 0 saturated carbocycles. The van der Waals surface area contributed by atoms with Crippen molar-refractivity contribution < 1.29 is 14.3 Å². The van der Waals surface area contributed by atoms with Crippen LogP contribution >= 0.6 is 0 Å². The number of Topliss-reactive ketones (excluding diaryl/α,β-unsaturated/α-hetero) is 1. The fourth-order valence-corrected chi connectivity index (χ4v) is 3.29. The second-order valence-electron chi connectivity index (χ2n) is 6.37. The summed E-state index contributed by atoms with van der Waals surface area (Å²) < 4.78 is 5.20. The summed E-state index contributed by atoms with van der Waals surface area (Å²) in [7, 11) is 3.15. The Balaban J connectivity index is 2.02. The molecular formula is C21H17N3O4. The van der Waals surface area contributed by atoms with E-state index in [1.165, 1.54) is 4.90 Å². The number of aromatic nitrogens is 2. The molecule has 1 aliphatic heterocycles. The van der Waals surface area contributed by atoms with Crippen LogP contribution in [0.25, 0.3) is 11.6 Å². The van der Waals surface area contributed by atoms with Crippen LogP contribution in [0.3, 0.4) is 0 Å². The van der Waals surface area contributed by atoms with E-state index in [-0.39, 0.29) is 16.1 Å². The molecule has 0 atom stereocenters. The van der Waals surface area contributed by atoms with E-state index in [0.717, 1.165) is 0 Å². The molecule has 2 heterocycles. The van der Waals surface area contributed by atoms with Crippen LogP contribution < -0.4 is 25.8 Å². The molecule has 1 aromatic heterocycles. The van der Waals surface area contributed by atoms with Gasteiger partial charge in [-0.05, 0) is 35.9 Å². The number of carbonyl (C=O) groups excluding carboxylic acids is 2. The lowest BCUT2D eigenvalue weighted by atomic mass is 9.95. The van der Waals surface area contributed by atoms with Gasteiger partial charge in [0.15, 0.2) is 0 Å². The maximum absolute atomic E-state index is 13.0. The van der Waals surface area contributed by atoms with Gasteiger partial charge < -0.3 is 9.64 Å². The first-order valence-corrected chi connectivity index (χ1v) is 8.60. The molecule has 2 aromatic carbocycles. The Kier molecular flexibility index (Phi) is 4.19. The summed E-state index contributed by atoms with van der Waals surface area (Å²) in [5, 5.41) is 5.55. The van der Waals surface area contributed by atoms with Crippen LogP contribution in [0.5, 0.6) is 5.75 Å². The number of aromatic amines is 2. The van der Waals surface area contributed by atoms with Gasteiger partial charge in [0.1, 0.15) is 11.3 Å². The molecule has 7 nitrogen and oxygen atoms in total. The number of nitrogens with zero attached hydrogens (tertiary/aromatic N) is 1. The monoisotopic (exact) mass is 375 g/mol. The number of benzene rings is 2. The number of fused-ring (bicyclic) bond motifs is 1. The summed E-state index contributed by atoms with van der Waals surface area (Å²) in [6.07, 6.45) is 1.61. The van der Waals surface area contributed by atoms with E-state index < -0.39 is 17.2 Å². The smallest absolute Gasteiger partial charge is 0.271 e. The lowest BCUT2D eigenvalue weighted by Gasteiger charge is -2.25. The van der Waals surface area contributed by atoms with E-state index in [4.69, 9.17) is 4.74 Å². The van der Waals surface area contributed by atoms with Crippen LogP contribution in [0, 0.1) is 0 Å². The van der Waals surface area contributed by atoms with Gasteiger partial charge in [0, 0.05) is 12.6 Å². The van der Waals surface area contributed by atoms with Gasteiger partial charge in [-0.25, -0.2) is 0 Å². The molecule has 0 radical (unpaired) electrons. The van der Waals surface area contributed by atoms with Crippen LogP contribution in [0.15, 0.2) is 53.3 Å². The van der Waals surface area contributed by atoms with Crippen molar-refractivity contribution in [2.45, 2.75) is 0 Å². The largest absolute Gasteiger partial charge is 0.497 e. The Morgan fingerprint density at radius 1 is 1.00 bits per heavy atom. The molecule has 1 aliphatic rings. The number of hydrogen-bond donors (Lipinski definition) is 2. The zero-order valence-electron chi connectivity index (χ0n) is 15.3. The number of ketones is 1. The number of para-hydroxylation sites is 1. The molecule has 140 valence electrons. The van der Waals surface area contributed by atoms with Gasteiger partial charge >= 0.3 is 0 Å². The number of nitrogens with one attached hydrogen (secondary N) is 2. The first kappa shape index (κ1) is 17.5. The van der Waals surface area contributed by atoms with Gasteiger partial charge in [0.25, 0.3) is 11.5 Å². The second kappa shape index (κ2) is 6.70. The lowest BCUT2D eigenvalue weighted by molar-refractivity contribution is -0.113. The van der Waals surface area contributed by atoms with Gasteiger partial charge in [-0.15, -0.1) is 0 Å². The van der Waals surface area contributed by atoms with E-state index in [1.807, 2.05) is 0 Å². The number of H-pyrrole nitrogens is 2. The van der Waals surface area contributed by atoms with Gasteiger partial charge in [-0.2, -0.15) is 0 Å². The minimum Gasteiger partial charge on any atom is -0.497 e. The molecule has 0 aliphatic carbocycles. The van der Waals surface area contributed by atoms with Gasteiger partial charge in [0.05, 0.1) is 23.4 Å². The van der Waals surface area contributed by atoms with E-state index in [0.29, 0.717) is 22.6 Å². The quantitative estimate of drug-likeness (QED) is 0.684. The fourth-order valence-electron chi connectivity index (χ4n) is 3.29. The molecule has 0 spiro atoms. The standard InChI is InChI=1S/C21H17N3O4/c1-24-16-9-4-3-8-14(16)19(25)17(21(24)27)18-15(20(26)23-22-18)11-12-6-5-7-13(10-12)28-2/h3-11,22H,1-2H3,(H,23,26)/b15-11-,18-17?. The average molecular weight is 375 g/mol. The number of hydrogen-bond acceptors (Lipinski definition) is 4. The third-order valence-electron chi connectivity index (χ3n) is 4.73. The summed E-state index contributed by atoms with van der Waals surface area (Å²) in [4.78, 5) is 39.7. The number of methoxy groups -OCH3 is 1. The van der Waals surface area contributed by atoms with E-state index in [9.17, 15) is 14.4 Å². The molecule has 28 heavy (non-hydrogen) atoms. The number of amides is 1. The zero-order chi connectivity index (χ0) is 19.8. The molecule has 0 saturated heterocycles. The zero-order valence-corrected chi connectivity index (χ0v) is 15.3. The molecule has 0 fully saturated rings. The van der Waals surface area contributed by atoms with Crippen molar-refractivity contribution in [1.29, 1.82) is 0 Å². The molecule has 4 rings (SSSR count). The average Bonchev–Trinajstić information content (AvgIpc) is 3.07. The van der Waals surface area contributed by atoms with Crippen LogP contribution in [-0.4, -0.2) is 36.0 Å². The van der Waals surface area contributed by atoms with Gasteiger partial charge in [-0.3, -0.25) is 24.6 Å². The maximum atomic E-state index is 13.0. The van der Waals surface area contributed by atoms with Crippen LogP contribution in [-0.2, 0) is 4.79 Å². The highest BCUT2D eigenvalue weighted by atomic mass is 16.5. The Morgan fingerprint density at radius 3 is 2.57 bits per heavy atom. The van der Waals surface area contributed by atoms with Crippen molar-refractivity contribution in [3.8, 4) is 5.75 Å². The van der Waals surface area contributed by atoms with E-state index >= 15 is 0 Å². The topological polar surface area (TPSA) is 95.3 Å². The Morgan fingerprint density at radius 2 is 1.79 bits per heavy atom. The normalized spacial score (nSPS) is 16.4. The number of ether oxygens (including phenoxy) is 1. The molecule has 2 N–H and O–H groups in total. The Labute approximate surface area is 159 Å². The first-order valence-electron chi connectivity index (χ1n) is 8.60. The third-order valence-corrected chi connectivity index (χ3v) is 4.73. The summed E-state index contributed by atoms with van der Waals surface area (Å²) >= 11 is 0. The van der Waals surface area contributed by atoms with Crippen molar-refractivity contribution in [1.82, 2.24) is 10.2 Å². The Bertz CT molecular complexity index is 1280. The summed E-state index contributed by atoms with van der Waals surface area (Å²) in [6, 6.07) is 14.0. The van der Waals surface area contributed by atoms with Crippen molar-refractivity contribution in [3.63, 3.8) is 0 Å². The molecule has 1 amide bonds. The molecule has 0 unspecified atom stereocenters. The van der Waals surface area contributed by atoms with E-state index in [2.05, 4.69) is 10.2 Å². The lowest BCUT2D eigenvalue weighted by Crippen LogP contribution is -2.44. The molecule has 3 aromatic rings. The number of rotatable bonds is 2. The molecule has 0 bridgehead atoms. The van der Waals surface area contributed by atoms with Crippen LogP contribution in [0.4, 0.5) is 5.69 Å². The first-order chi connectivity index (χ1) is 13.5. The van der Waals surface area contributed by atoms with Crippen molar-refractivity contribution in [2.75, 3.05) is 19.1 Å². The highest BCUT2D eigenvalue weighted by Crippen LogP contribution is 2.28. The minimum atomic E-state index is -0.473. The minimum absolute atomic E-state index is 0.0753. The highest BCUT2D eigenvalue weighted by molar-refractivity contribution is 6.51. The van der Waals surface area contributed by atoms with Crippen molar-refractivity contribution in [2.24, 2.45) is 0 Å². The van der Waals surface area contributed by atoms with Crippen LogP contribution in [0.2, 0.25) is 0 Å². The predicted molar refractivity (Wildman–Crippen MR) is 105 cm³/mol. The van der Waals surface area contributed by atoms with Crippen LogP contribution in [0.1, 0.15) is 15.9 Å². The number of carbonyl (C=O) groups is 2. The molecular weight excluding hydrogens is 358 g/mol. The fraction of sp³-hybridized carbons (Fsp3) is 0.0952.